The summed E-state index contributed by atoms with van der Waals surface area (Å²) in [5.74, 6) is 2.07. The van der Waals surface area contributed by atoms with Crippen molar-refractivity contribution in [2.75, 3.05) is 11.9 Å². The summed E-state index contributed by atoms with van der Waals surface area (Å²) in [6, 6.07) is 15.7. The zero-order valence-electron chi connectivity index (χ0n) is 13.1. The number of ether oxygens (including phenoxy) is 1. The summed E-state index contributed by atoms with van der Waals surface area (Å²) in [6.07, 6.45) is 5.87. The van der Waals surface area contributed by atoms with Crippen LogP contribution in [-0.4, -0.2) is 6.61 Å². The molecule has 0 radical (unpaired) electrons. The third-order valence-corrected chi connectivity index (χ3v) is 5.55. The zero-order valence-corrected chi connectivity index (χ0v) is 15.3. The molecule has 0 saturated carbocycles. The van der Waals surface area contributed by atoms with Crippen LogP contribution in [0.2, 0.25) is 0 Å². The number of hydrogen-bond acceptors (Lipinski definition) is 2. The maximum absolute atomic E-state index is 5.57. The first-order valence-electron chi connectivity index (χ1n) is 8.21. The Morgan fingerprint density at radius 2 is 2.00 bits per heavy atom. The van der Waals surface area contributed by atoms with E-state index < -0.39 is 0 Å². The molecule has 0 bridgehead atoms. The third-order valence-electron chi connectivity index (χ3n) is 4.88. The molecule has 0 amide bonds. The van der Waals surface area contributed by atoms with Crippen LogP contribution in [0.1, 0.15) is 36.4 Å². The van der Waals surface area contributed by atoms with E-state index in [9.17, 15) is 0 Å². The lowest BCUT2D eigenvalue weighted by Gasteiger charge is -2.37. The van der Waals surface area contributed by atoms with Crippen LogP contribution < -0.4 is 10.1 Å². The number of nitrogens with one attached hydrogen (secondary N) is 1. The zero-order chi connectivity index (χ0) is 15.8. The van der Waals surface area contributed by atoms with Crippen LogP contribution in [0.15, 0.2) is 54.6 Å². The molecular formula is C20H20INO. The fourth-order valence-corrected chi connectivity index (χ4v) is 4.35. The van der Waals surface area contributed by atoms with Crippen molar-refractivity contribution in [3.8, 4) is 5.75 Å². The SMILES string of the molecule is CCOc1ccc(C2Nc3ccc(I)cc3C3C=CCC32)cc1. The van der Waals surface area contributed by atoms with Gasteiger partial charge in [-0.15, -0.1) is 0 Å². The molecule has 3 heteroatoms. The molecule has 2 aliphatic rings. The smallest absolute Gasteiger partial charge is 0.119 e. The Labute approximate surface area is 151 Å². The maximum Gasteiger partial charge on any atom is 0.119 e. The maximum atomic E-state index is 5.57. The second kappa shape index (κ2) is 6.19. The number of hydrogen-bond donors (Lipinski definition) is 1. The fraction of sp³-hybridized carbons (Fsp3) is 0.300. The molecule has 23 heavy (non-hydrogen) atoms. The summed E-state index contributed by atoms with van der Waals surface area (Å²) in [5.41, 5.74) is 4.06. The van der Waals surface area contributed by atoms with Gasteiger partial charge in [0.2, 0.25) is 0 Å². The van der Waals surface area contributed by atoms with E-state index in [0.717, 1.165) is 12.2 Å². The Hall–Kier alpha value is -1.49. The molecule has 2 nitrogen and oxygen atoms in total. The first-order chi connectivity index (χ1) is 11.3. The molecule has 1 aliphatic carbocycles. The highest BCUT2D eigenvalue weighted by Crippen LogP contribution is 2.50. The lowest BCUT2D eigenvalue weighted by molar-refractivity contribution is 0.340. The van der Waals surface area contributed by atoms with E-state index in [0.29, 0.717) is 24.5 Å². The minimum absolute atomic E-state index is 0.359. The first kappa shape index (κ1) is 15.1. The highest BCUT2D eigenvalue weighted by atomic mass is 127. The predicted octanol–water partition coefficient (Wildman–Crippen LogP) is 5.52. The van der Waals surface area contributed by atoms with Crippen LogP contribution in [0.25, 0.3) is 0 Å². The van der Waals surface area contributed by atoms with Gasteiger partial charge in [-0.25, -0.2) is 0 Å². The Morgan fingerprint density at radius 3 is 2.78 bits per heavy atom. The van der Waals surface area contributed by atoms with Crippen molar-refractivity contribution in [3.63, 3.8) is 0 Å². The van der Waals surface area contributed by atoms with Gasteiger partial charge in [-0.05, 0) is 83.3 Å². The standard InChI is InChI=1S/C20H20INO/c1-2-23-15-9-6-13(7-10-15)20-17-5-3-4-16(17)18-12-14(21)8-11-19(18)22-20/h3-4,6-12,16-17,20,22H,2,5H2,1H3. The molecule has 1 aliphatic heterocycles. The number of allylic oxidation sites excluding steroid dienone is 2. The van der Waals surface area contributed by atoms with E-state index in [1.54, 1.807) is 0 Å². The van der Waals surface area contributed by atoms with Gasteiger partial charge < -0.3 is 10.1 Å². The molecule has 0 fully saturated rings. The van der Waals surface area contributed by atoms with Gasteiger partial charge in [0.05, 0.1) is 12.6 Å². The van der Waals surface area contributed by atoms with Crippen LogP contribution in [0.3, 0.4) is 0 Å². The van der Waals surface area contributed by atoms with Crippen molar-refractivity contribution < 1.29 is 4.74 Å². The second-order valence-electron chi connectivity index (χ2n) is 6.21. The molecular weight excluding hydrogens is 397 g/mol. The van der Waals surface area contributed by atoms with Gasteiger partial charge in [0, 0.05) is 15.2 Å². The summed E-state index contributed by atoms with van der Waals surface area (Å²) in [7, 11) is 0. The minimum atomic E-state index is 0.359. The molecule has 3 atom stereocenters. The number of benzene rings is 2. The third kappa shape index (κ3) is 2.75. The Morgan fingerprint density at radius 1 is 1.17 bits per heavy atom. The molecule has 2 aromatic rings. The Balaban J connectivity index is 1.69. The molecule has 4 rings (SSSR count). The van der Waals surface area contributed by atoms with E-state index >= 15 is 0 Å². The van der Waals surface area contributed by atoms with Gasteiger partial charge >= 0.3 is 0 Å². The fourth-order valence-electron chi connectivity index (χ4n) is 3.83. The summed E-state index contributed by atoms with van der Waals surface area (Å²) < 4.78 is 6.88. The van der Waals surface area contributed by atoms with Crippen LogP contribution >= 0.6 is 22.6 Å². The van der Waals surface area contributed by atoms with Crippen LogP contribution in [0, 0.1) is 9.49 Å². The van der Waals surface area contributed by atoms with Gasteiger partial charge in [-0.3, -0.25) is 0 Å². The normalized spacial score (nSPS) is 24.7. The molecule has 1 heterocycles. The van der Waals surface area contributed by atoms with E-state index in [4.69, 9.17) is 4.74 Å². The number of anilines is 1. The van der Waals surface area contributed by atoms with Crippen molar-refractivity contribution in [3.05, 3.63) is 69.3 Å². The van der Waals surface area contributed by atoms with E-state index in [1.165, 1.54) is 20.4 Å². The van der Waals surface area contributed by atoms with Gasteiger partial charge in [-0.1, -0.05) is 24.3 Å². The van der Waals surface area contributed by atoms with E-state index in [1.807, 2.05) is 6.92 Å². The van der Waals surface area contributed by atoms with Crippen molar-refractivity contribution in [2.45, 2.75) is 25.3 Å². The molecule has 118 valence electrons. The molecule has 0 saturated heterocycles. The average Bonchev–Trinajstić information content (AvgIpc) is 3.05. The highest BCUT2D eigenvalue weighted by Gasteiger charge is 2.37. The van der Waals surface area contributed by atoms with E-state index in [2.05, 4.69) is 82.5 Å². The van der Waals surface area contributed by atoms with Crippen molar-refractivity contribution in [1.29, 1.82) is 0 Å². The number of rotatable bonds is 3. The monoisotopic (exact) mass is 417 g/mol. The van der Waals surface area contributed by atoms with Gasteiger partial charge in [0.1, 0.15) is 5.75 Å². The highest BCUT2D eigenvalue weighted by molar-refractivity contribution is 14.1. The molecule has 0 aromatic heterocycles. The average molecular weight is 417 g/mol. The number of fused-ring (bicyclic) bond motifs is 3. The van der Waals surface area contributed by atoms with Crippen molar-refractivity contribution in [2.24, 2.45) is 5.92 Å². The Kier molecular flexibility index (Phi) is 4.05. The lowest BCUT2D eigenvalue weighted by atomic mass is 9.77. The number of halogens is 1. The van der Waals surface area contributed by atoms with Gasteiger partial charge in [0.15, 0.2) is 0 Å². The molecule has 2 aromatic carbocycles. The Bertz CT molecular complexity index is 738. The van der Waals surface area contributed by atoms with Crippen molar-refractivity contribution in [1.82, 2.24) is 0 Å². The van der Waals surface area contributed by atoms with Crippen LogP contribution in [0.4, 0.5) is 5.69 Å². The second-order valence-corrected chi connectivity index (χ2v) is 7.45. The summed E-state index contributed by atoms with van der Waals surface area (Å²) >= 11 is 2.40. The summed E-state index contributed by atoms with van der Waals surface area (Å²) in [6.45, 7) is 2.73. The molecule has 3 unspecified atom stereocenters. The minimum Gasteiger partial charge on any atom is -0.494 e. The largest absolute Gasteiger partial charge is 0.494 e. The predicted molar refractivity (Wildman–Crippen MR) is 103 cm³/mol. The summed E-state index contributed by atoms with van der Waals surface area (Å²) in [4.78, 5) is 0. The summed E-state index contributed by atoms with van der Waals surface area (Å²) in [5, 5.41) is 3.78. The van der Waals surface area contributed by atoms with Crippen molar-refractivity contribution >= 4 is 28.3 Å². The van der Waals surface area contributed by atoms with Gasteiger partial charge in [0.25, 0.3) is 0 Å². The van der Waals surface area contributed by atoms with Gasteiger partial charge in [-0.2, -0.15) is 0 Å². The lowest BCUT2D eigenvalue weighted by Crippen LogP contribution is -2.29. The molecule has 0 spiro atoms. The van der Waals surface area contributed by atoms with E-state index in [-0.39, 0.29) is 0 Å². The quantitative estimate of drug-likeness (QED) is 0.525. The first-order valence-corrected chi connectivity index (χ1v) is 9.29. The topological polar surface area (TPSA) is 21.3 Å². The van der Waals surface area contributed by atoms with Crippen LogP contribution in [-0.2, 0) is 0 Å². The molecule has 1 N–H and O–H groups in total. The van der Waals surface area contributed by atoms with Crippen LogP contribution in [0.5, 0.6) is 5.75 Å².